The summed E-state index contributed by atoms with van der Waals surface area (Å²) in [4.78, 5) is 2.44. The Kier molecular flexibility index (Phi) is 3.75. The Morgan fingerprint density at radius 3 is 1.96 bits per heavy atom. The van der Waals surface area contributed by atoms with E-state index in [1.54, 1.807) is 0 Å². The van der Waals surface area contributed by atoms with E-state index in [-0.39, 0.29) is 18.3 Å². The summed E-state index contributed by atoms with van der Waals surface area (Å²) in [6, 6.07) is 15.1. The van der Waals surface area contributed by atoms with Crippen molar-refractivity contribution in [3.63, 3.8) is 0 Å². The fourth-order valence-corrected chi connectivity index (χ4v) is 3.71. The summed E-state index contributed by atoms with van der Waals surface area (Å²) < 4.78 is 12.5. The van der Waals surface area contributed by atoms with Gasteiger partial charge >= 0.3 is 7.12 Å². The van der Waals surface area contributed by atoms with Gasteiger partial charge in [0, 0.05) is 18.8 Å². The fourth-order valence-electron chi connectivity index (χ4n) is 3.71. The highest BCUT2D eigenvalue weighted by Gasteiger charge is 2.52. The Hall–Kier alpha value is -1.78. The molecule has 2 aromatic rings. The molecule has 1 fully saturated rings. The molecule has 0 aromatic heterocycles. The molecule has 0 aliphatic carbocycles. The maximum atomic E-state index is 6.27. The summed E-state index contributed by atoms with van der Waals surface area (Å²) in [5.41, 5.74) is 5.85. The summed E-state index contributed by atoms with van der Waals surface area (Å²) in [5.74, 6) is 0. The van der Waals surface area contributed by atoms with Crippen LogP contribution in [0.25, 0.3) is 0 Å². The first kappa shape index (κ1) is 16.7. The Morgan fingerprint density at radius 2 is 1.40 bits per heavy atom. The fraction of sp³-hybridized carbons (Fsp3) is 0.429. The van der Waals surface area contributed by atoms with Gasteiger partial charge in [-0.2, -0.15) is 0 Å². The van der Waals surface area contributed by atoms with Crippen molar-refractivity contribution in [2.75, 3.05) is 4.90 Å². The van der Waals surface area contributed by atoms with Crippen LogP contribution < -0.4 is 10.4 Å². The van der Waals surface area contributed by atoms with Gasteiger partial charge in [0.1, 0.15) is 0 Å². The number of hydrogen-bond acceptors (Lipinski definition) is 3. The monoisotopic (exact) mass is 335 g/mol. The maximum Gasteiger partial charge on any atom is 0.495 e. The van der Waals surface area contributed by atoms with Crippen LogP contribution in [0.5, 0.6) is 0 Å². The summed E-state index contributed by atoms with van der Waals surface area (Å²) in [7, 11) is -0.310. The van der Waals surface area contributed by atoms with Crippen molar-refractivity contribution in [2.45, 2.75) is 58.9 Å². The van der Waals surface area contributed by atoms with Gasteiger partial charge < -0.3 is 14.2 Å². The van der Waals surface area contributed by atoms with E-state index in [4.69, 9.17) is 9.31 Å². The number of rotatable bonds is 2. The highest BCUT2D eigenvalue weighted by Crippen LogP contribution is 2.37. The molecule has 2 aliphatic rings. The minimum atomic E-state index is -0.315. The third-order valence-electron chi connectivity index (χ3n) is 6.04. The number of nitrogens with zero attached hydrogens (tertiary/aromatic N) is 1. The zero-order valence-corrected chi connectivity index (χ0v) is 15.8. The first-order valence-corrected chi connectivity index (χ1v) is 9.05. The molecule has 0 N–H and O–H groups in total. The molecule has 1 saturated heterocycles. The zero-order valence-electron chi connectivity index (χ0n) is 15.8. The third-order valence-corrected chi connectivity index (χ3v) is 6.04. The summed E-state index contributed by atoms with van der Waals surface area (Å²) in [6.07, 6.45) is 0. The molecule has 3 nitrogen and oxygen atoms in total. The molecule has 4 heteroatoms. The highest BCUT2D eigenvalue weighted by atomic mass is 16.7. The molecule has 0 saturated carbocycles. The van der Waals surface area contributed by atoms with Crippen molar-refractivity contribution >= 4 is 18.3 Å². The summed E-state index contributed by atoms with van der Waals surface area (Å²) >= 11 is 0. The van der Waals surface area contributed by atoms with E-state index >= 15 is 0 Å². The average Bonchev–Trinajstić information content (AvgIpc) is 3.05. The lowest BCUT2D eigenvalue weighted by molar-refractivity contribution is 0.00578. The molecule has 0 unspecified atom stereocenters. The van der Waals surface area contributed by atoms with Crippen LogP contribution >= 0.6 is 0 Å². The van der Waals surface area contributed by atoms with Gasteiger partial charge in [0.25, 0.3) is 0 Å². The highest BCUT2D eigenvalue weighted by molar-refractivity contribution is 6.62. The minimum Gasteiger partial charge on any atom is -0.399 e. The average molecular weight is 335 g/mol. The SMILES string of the molecule is Cc1c(B2OC(C)(C)C(C)(C)O2)cccc1N1Cc2ccccc2C1. The molecule has 0 spiro atoms. The minimum absolute atomic E-state index is 0.310. The molecular weight excluding hydrogens is 309 g/mol. The van der Waals surface area contributed by atoms with Gasteiger partial charge in [-0.05, 0) is 62.8 Å². The van der Waals surface area contributed by atoms with Gasteiger partial charge in [-0.15, -0.1) is 0 Å². The van der Waals surface area contributed by atoms with E-state index in [0.717, 1.165) is 18.6 Å². The van der Waals surface area contributed by atoms with Crippen LogP contribution in [-0.4, -0.2) is 18.3 Å². The molecule has 2 aliphatic heterocycles. The molecular formula is C21H26BNO2. The van der Waals surface area contributed by atoms with Gasteiger partial charge in [0.05, 0.1) is 11.2 Å². The van der Waals surface area contributed by atoms with E-state index in [1.807, 2.05) is 0 Å². The Labute approximate surface area is 151 Å². The predicted octanol–water partition coefficient (Wildman–Crippen LogP) is 3.81. The Bertz CT molecular complexity index is 774. The van der Waals surface area contributed by atoms with Crippen LogP contribution in [0, 0.1) is 6.92 Å². The lowest BCUT2D eigenvalue weighted by atomic mass is 9.75. The van der Waals surface area contributed by atoms with Crippen molar-refractivity contribution in [1.82, 2.24) is 0 Å². The summed E-state index contributed by atoms with van der Waals surface area (Å²) in [5, 5.41) is 0. The molecule has 0 atom stereocenters. The standard InChI is InChI=1S/C21H26BNO2/c1-15-18(22-24-20(2,3)21(4,5)25-22)11-8-12-19(15)23-13-16-9-6-7-10-17(16)14-23/h6-12H,13-14H2,1-5H3. The second kappa shape index (κ2) is 5.62. The van der Waals surface area contributed by atoms with Crippen LogP contribution in [0.3, 0.4) is 0 Å². The van der Waals surface area contributed by atoms with E-state index in [0.29, 0.717) is 0 Å². The van der Waals surface area contributed by atoms with Crippen LogP contribution in [-0.2, 0) is 22.4 Å². The van der Waals surface area contributed by atoms with Crippen molar-refractivity contribution in [3.05, 3.63) is 59.2 Å². The van der Waals surface area contributed by atoms with Gasteiger partial charge in [0.2, 0.25) is 0 Å². The summed E-state index contributed by atoms with van der Waals surface area (Å²) in [6.45, 7) is 12.5. The van der Waals surface area contributed by atoms with Crippen LogP contribution in [0.1, 0.15) is 44.4 Å². The van der Waals surface area contributed by atoms with Crippen molar-refractivity contribution in [3.8, 4) is 0 Å². The quantitative estimate of drug-likeness (QED) is 0.779. The van der Waals surface area contributed by atoms with E-state index in [9.17, 15) is 0 Å². The van der Waals surface area contributed by atoms with Gasteiger partial charge in [-0.25, -0.2) is 0 Å². The lowest BCUT2D eigenvalue weighted by Gasteiger charge is -2.32. The third kappa shape index (κ3) is 2.68. The van der Waals surface area contributed by atoms with Crippen molar-refractivity contribution in [2.24, 2.45) is 0 Å². The smallest absolute Gasteiger partial charge is 0.399 e. The number of benzene rings is 2. The van der Waals surface area contributed by atoms with Crippen molar-refractivity contribution in [1.29, 1.82) is 0 Å². The molecule has 0 amide bonds. The maximum absolute atomic E-state index is 6.27. The van der Waals surface area contributed by atoms with Crippen LogP contribution in [0.4, 0.5) is 5.69 Å². The van der Waals surface area contributed by atoms with E-state index in [1.165, 1.54) is 22.4 Å². The molecule has 25 heavy (non-hydrogen) atoms. The second-order valence-corrected chi connectivity index (χ2v) is 8.20. The molecule has 2 heterocycles. The Morgan fingerprint density at radius 1 is 0.840 bits per heavy atom. The normalized spacial score (nSPS) is 20.8. The topological polar surface area (TPSA) is 21.7 Å². The van der Waals surface area contributed by atoms with E-state index < -0.39 is 0 Å². The number of hydrogen-bond donors (Lipinski definition) is 0. The van der Waals surface area contributed by atoms with Gasteiger partial charge in [-0.3, -0.25) is 0 Å². The predicted molar refractivity (Wildman–Crippen MR) is 103 cm³/mol. The van der Waals surface area contributed by atoms with Crippen LogP contribution in [0.2, 0.25) is 0 Å². The van der Waals surface area contributed by atoms with Gasteiger partial charge in [0.15, 0.2) is 0 Å². The first-order valence-electron chi connectivity index (χ1n) is 9.05. The molecule has 130 valence electrons. The van der Waals surface area contributed by atoms with E-state index in [2.05, 4.69) is 82.0 Å². The molecule has 0 radical (unpaired) electrons. The first-order chi connectivity index (χ1) is 11.8. The van der Waals surface area contributed by atoms with Gasteiger partial charge in [-0.1, -0.05) is 36.4 Å². The number of anilines is 1. The zero-order chi connectivity index (χ0) is 17.8. The number of fused-ring (bicyclic) bond motifs is 1. The van der Waals surface area contributed by atoms with Crippen LogP contribution in [0.15, 0.2) is 42.5 Å². The molecule has 0 bridgehead atoms. The molecule has 4 rings (SSSR count). The lowest BCUT2D eigenvalue weighted by Crippen LogP contribution is -2.41. The van der Waals surface area contributed by atoms with Crippen molar-refractivity contribution < 1.29 is 9.31 Å². The Balaban J connectivity index is 1.65. The molecule has 2 aromatic carbocycles. The largest absolute Gasteiger partial charge is 0.495 e. The second-order valence-electron chi connectivity index (χ2n) is 8.20.